The van der Waals surface area contributed by atoms with Crippen LogP contribution in [0.1, 0.15) is 36.4 Å². The third-order valence-electron chi connectivity index (χ3n) is 4.54. The van der Waals surface area contributed by atoms with Gasteiger partial charge in [0.15, 0.2) is 0 Å². The fraction of sp³-hybridized carbons (Fsp3) is 0.333. The molecule has 0 bridgehead atoms. The molecule has 2 aromatic carbocycles. The van der Waals surface area contributed by atoms with E-state index in [2.05, 4.69) is 10.6 Å². The number of nitrogens with one attached hydrogen (secondary N) is 2. The van der Waals surface area contributed by atoms with Gasteiger partial charge in [0.25, 0.3) is 5.91 Å². The summed E-state index contributed by atoms with van der Waals surface area (Å²) < 4.78 is 5.39. The van der Waals surface area contributed by atoms with Crippen LogP contribution in [0.25, 0.3) is 0 Å². The quantitative estimate of drug-likeness (QED) is 0.701. The Morgan fingerprint density at radius 3 is 2.70 bits per heavy atom. The molecule has 1 saturated heterocycles. The van der Waals surface area contributed by atoms with Crippen molar-refractivity contribution in [2.75, 3.05) is 11.9 Å². The number of carbonyl (C=O) groups is 2. The first-order chi connectivity index (χ1) is 13.1. The first-order valence-corrected chi connectivity index (χ1v) is 9.20. The SMILES string of the molecule is NC(CC(=O)NCc1cccc(NC(=O)C2CCCO2)c1)c1ccccc1. The van der Waals surface area contributed by atoms with Gasteiger partial charge in [-0.2, -0.15) is 0 Å². The highest BCUT2D eigenvalue weighted by Gasteiger charge is 2.23. The summed E-state index contributed by atoms with van der Waals surface area (Å²) in [4.78, 5) is 24.3. The minimum atomic E-state index is -0.368. The van der Waals surface area contributed by atoms with Crippen molar-refractivity contribution in [3.8, 4) is 0 Å². The zero-order valence-electron chi connectivity index (χ0n) is 15.2. The van der Waals surface area contributed by atoms with Crippen molar-refractivity contribution >= 4 is 17.5 Å². The van der Waals surface area contributed by atoms with Gasteiger partial charge in [0.05, 0.1) is 0 Å². The van der Waals surface area contributed by atoms with E-state index in [1.807, 2.05) is 54.6 Å². The molecule has 0 spiro atoms. The van der Waals surface area contributed by atoms with E-state index in [0.29, 0.717) is 18.8 Å². The topological polar surface area (TPSA) is 93.5 Å². The molecule has 2 amide bonds. The van der Waals surface area contributed by atoms with Crippen LogP contribution in [-0.2, 0) is 20.9 Å². The van der Waals surface area contributed by atoms with E-state index < -0.39 is 0 Å². The molecule has 2 unspecified atom stereocenters. The highest BCUT2D eigenvalue weighted by molar-refractivity contribution is 5.94. The third kappa shape index (κ3) is 5.64. The molecule has 6 heteroatoms. The molecule has 6 nitrogen and oxygen atoms in total. The average Bonchev–Trinajstić information content (AvgIpc) is 3.22. The van der Waals surface area contributed by atoms with Crippen LogP contribution in [0, 0.1) is 0 Å². The molecule has 0 radical (unpaired) electrons. The maximum atomic E-state index is 12.2. The Labute approximate surface area is 159 Å². The van der Waals surface area contributed by atoms with Crippen LogP contribution in [0.3, 0.4) is 0 Å². The normalized spacial score (nSPS) is 17.3. The summed E-state index contributed by atoms with van der Waals surface area (Å²) >= 11 is 0. The Hall–Kier alpha value is -2.70. The average molecular weight is 367 g/mol. The second-order valence-corrected chi connectivity index (χ2v) is 6.69. The number of ether oxygens (including phenoxy) is 1. The predicted octanol–water partition coefficient (Wildman–Crippen LogP) is 2.51. The van der Waals surface area contributed by atoms with E-state index in [4.69, 9.17) is 10.5 Å². The lowest BCUT2D eigenvalue weighted by Crippen LogP contribution is -2.28. The number of hydrogen-bond acceptors (Lipinski definition) is 4. The molecule has 27 heavy (non-hydrogen) atoms. The van der Waals surface area contributed by atoms with Crippen molar-refractivity contribution in [1.82, 2.24) is 5.32 Å². The molecule has 1 aliphatic rings. The Bertz CT molecular complexity index is 773. The lowest BCUT2D eigenvalue weighted by atomic mass is 10.0. The van der Waals surface area contributed by atoms with Crippen LogP contribution in [0.2, 0.25) is 0 Å². The second kappa shape index (κ2) is 9.30. The van der Waals surface area contributed by atoms with Crippen LogP contribution >= 0.6 is 0 Å². The Balaban J connectivity index is 1.49. The van der Waals surface area contributed by atoms with Crippen molar-refractivity contribution in [2.24, 2.45) is 5.73 Å². The molecule has 0 saturated carbocycles. The van der Waals surface area contributed by atoms with E-state index in [0.717, 1.165) is 24.0 Å². The smallest absolute Gasteiger partial charge is 0.253 e. The Kier molecular flexibility index (Phi) is 6.57. The van der Waals surface area contributed by atoms with Gasteiger partial charge in [-0.3, -0.25) is 9.59 Å². The maximum Gasteiger partial charge on any atom is 0.253 e. The van der Waals surface area contributed by atoms with E-state index in [9.17, 15) is 9.59 Å². The minimum Gasteiger partial charge on any atom is -0.368 e. The Morgan fingerprint density at radius 2 is 1.96 bits per heavy atom. The van der Waals surface area contributed by atoms with E-state index in [1.54, 1.807) is 0 Å². The van der Waals surface area contributed by atoms with Crippen LogP contribution in [-0.4, -0.2) is 24.5 Å². The van der Waals surface area contributed by atoms with Crippen LogP contribution in [0.4, 0.5) is 5.69 Å². The summed E-state index contributed by atoms with van der Waals surface area (Å²) in [6.07, 6.45) is 1.52. The van der Waals surface area contributed by atoms with Gasteiger partial charge in [0, 0.05) is 31.3 Å². The summed E-state index contributed by atoms with van der Waals surface area (Å²) in [6.45, 7) is 1.01. The van der Waals surface area contributed by atoms with Gasteiger partial charge < -0.3 is 21.1 Å². The zero-order valence-corrected chi connectivity index (χ0v) is 15.2. The monoisotopic (exact) mass is 367 g/mol. The molecule has 4 N–H and O–H groups in total. The Morgan fingerprint density at radius 1 is 1.15 bits per heavy atom. The molecule has 1 heterocycles. The van der Waals surface area contributed by atoms with Gasteiger partial charge in [-0.1, -0.05) is 42.5 Å². The van der Waals surface area contributed by atoms with Gasteiger partial charge in [-0.25, -0.2) is 0 Å². The standard InChI is InChI=1S/C21H25N3O3/c22-18(16-7-2-1-3-8-16)13-20(25)23-14-15-6-4-9-17(12-15)24-21(26)19-10-5-11-27-19/h1-4,6-9,12,18-19H,5,10-11,13-14,22H2,(H,23,25)(H,24,26). The zero-order chi connectivity index (χ0) is 19.1. The fourth-order valence-corrected chi connectivity index (χ4v) is 3.06. The molecule has 0 aliphatic carbocycles. The number of amides is 2. The van der Waals surface area contributed by atoms with E-state index in [-0.39, 0.29) is 30.4 Å². The fourth-order valence-electron chi connectivity index (χ4n) is 3.06. The van der Waals surface area contributed by atoms with Crippen LogP contribution < -0.4 is 16.4 Å². The van der Waals surface area contributed by atoms with Gasteiger partial charge in [-0.15, -0.1) is 0 Å². The molecule has 1 fully saturated rings. The van der Waals surface area contributed by atoms with Gasteiger partial charge >= 0.3 is 0 Å². The van der Waals surface area contributed by atoms with E-state index >= 15 is 0 Å². The van der Waals surface area contributed by atoms with Gasteiger partial charge in [0.2, 0.25) is 5.91 Å². The van der Waals surface area contributed by atoms with Crippen molar-refractivity contribution in [3.05, 3.63) is 65.7 Å². The number of hydrogen-bond donors (Lipinski definition) is 3. The maximum absolute atomic E-state index is 12.2. The van der Waals surface area contributed by atoms with Gasteiger partial charge in [-0.05, 0) is 36.1 Å². The van der Waals surface area contributed by atoms with Crippen LogP contribution in [0.15, 0.2) is 54.6 Å². The molecule has 142 valence electrons. The summed E-state index contributed by atoms with van der Waals surface area (Å²) in [5.41, 5.74) is 8.62. The van der Waals surface area contributed by atoms with Crippen molar-refractivity contribution in [2.45, 2.75) is 38.0 Å². The number of carbonyl (C=O) groups excluding carboxylic acids is 2. The molecule has 2 aromatic rings. The number of nitrogens with two attached hydrogens (primary N) is 1. The minimum absolute atomic E-state index is 0.111. The number of rotatable bonds is 7. The number of benzene rings is 2. The van der Waals surface area contributed by atoms with E-state index in [1.165, 1.54) is 0 Å². The third-order valence-corrected chi connectivity index (χ3v) is 4.54. The van der Waals surface area contributed by atoms with Crippen molar-refractivity contribution < 1.29 is 14.3 Å². The van der Waals surface area contributed by atoms with Crippen LogP contribution in [0.5, 0.6) is 0 Å². The predicted molar refractivity (Wildman–Crippen MR) is 104 cm³/mol. The molecular weight excluding hydrogens is 342 g/mol. The highest BCUT2D eigenvalue weighted by Crippen LogP contribution is 2.17. The summed E-state index contributed by atoms with van der Waals surface area (Å²) in [6, 6.07) is 16.7. The molecule has 1 aliphatic heterocycles. The van der Waals surface area contributed by atoms with Crippen molar-refractivity contribution in [3.63, 3.8) is 0 Å². The summed E-state index contributed by atoms with van der Waals surface area (Å²) in [7, 11) is 0. The highest BCUT2D eigenvalue weighted by atomic mass is 16.5. The van der Waals surface area contributed by atoms with Gasteiger partial charge in [0.1, 0.15) is 6.10 Å². The first-order valence-electron chi connectivity index (χ1n) is 9.20. The summed E-state index contributed by atoms with van der Waals surface area (Å²) in [5.74, 6) is -0.234. The molecule has 0 aromatic heterocycles. The molecule has 2 atom stereocenters. The summed E-state index contributed by atoms with van der Waals surface area (Å²) in [5, 5.41) is 5.75. The molecular formula is C21H25N3O3. The second-order valence-electron chi connectivity index (χ2n) is 6.69. The largest absolute Gasteiger partial charge is 0.368 e. The lowest BCUT2D eigenvalue weighted by Gasteiger charge is -2.13. The number of anilines is 1. The first kappa shape index (κ1) is 19.1. The molecule has 3 rings (SSSR count). The van der Waals surface area contributed by atoms with Crippen molar-refractivity contribution in [1.29, 1.82) is 0 Å². The lowest BCUT2D eigenvalue weighted by molar-refractivity contribution is -0.124.